The monoisotopic (exact) mass is 701 g/mol. The first kappa shape index (κ1) is 36.9. The number of ether oxygens (including phenoxy) is 2. The van der Waals surface area contributed by atoms with Gasteiger partial charge in [-0.15, -0.1) is 0 Å². The number of anilines is 1. The van der Waals surface area contributed by atoms with Gasteiger partial charge in [0, 0.05) is 42.8 Å². The number of hydrogen-bond donors (Lipinski definition) is 4. The summed E-state index contributed by atoms with van der Waals surface area (Å²) in [6, 6.07) is 4.01. The molecule has 0 spiro atoms. The summed E-state index contributed by atoms with van der Waals surface area (Å²) >= 11 is 0. The van der Waals surface area contributed by atoms with Gasteiger partial charge >= 0.3 is 12.2 Å². The van der Waals surface area contributed by atoms with Crippen molar-refractivity contribution in [1.29, 1.82) is 0 Å². The number of alkyl carbamates (subject to hydrolysis) is 2. The quantitative estimate of drug-likeness (QED) is 0.228. The van der Waals surface area contributed by atoms with Crippen molar-refractivity contribution in [2.45, 2.75) is 77.5 Å². The summed E-state index contributed by atoms with van der Waals surface area (Å²) in [5.74, 6) is 6.91. The van der Waals surface area contributed by atoms with E-state index in [9.17, 15) is 19.2 Å². The second-order valence-corrected chi connectivity index (χ2v) is 13.5. The Bertz CT molecular complexity index is 1800. The molecule has 1 aromatic carbocycles. The first-order valence-corrected chi connectivity index (χ1v) is 17.4. The van der Waals surface area contributed by atoms with Gasteiger partial charge in [0.15, 0.2) is 0 Å². The number of aromatic nitrogens is 4. The van der Waals surface area contributed by atoms with Crippen LogP contribution in [0, 0.1) is 23.7 Å². The molecule has 2 saturated heterocycles. The molecule has 3 aromatic rings. The number of amides is 4. The van der Waals surface area contributed by atoms with Gasteiger partial charge in [0.25, 0.3) is 0 Å². The van der Waals surface area contributed by atoms with Crippen LogP contribution in [0.3, 0.4) is 0 Å². The number of methoxy groups -OCH3 is 2. The molecule has 2 aromatic heterocycles. The summed E-state index contributed by atoms with van der Waals surface area (Å²) < 4.78 is 9.44. The minimum Gasteiger partial charge on any atom is -0.453 e. The number of nitrogens with zero attached hydrogens (tertiary/aromatic N) is 5. The molecule has 51 heavy (non-hydrogen) atoms. The van der Waals surface area contributed by atoms with Crippen molar-refractivity contribution >= 4 is 40.9 Å². The first-order chi connectivity index (χ1) is 24.5. The SMILES string of the molecule is COC(=O)N[C@H](C(=O)N1CCC[C@H]1CNc1ncc2cc(C#Cc3cnc([C@@H]4CCCN4C(=O)[C@@H](NC(=O)OC)C(C)C)[nH]3)ccc2n1)C(C)C. The molecule has 0 unspecified atom stereocenters. The standard InChI is InChI=1S/C36H47N9O6/c1-21(2)29(42-35(48)50-5)32(46)44-15-7-9-26(44)20-39-34-38-18-24-17-23(12-14-27(24)41-34)11-13-25-19-37-31(40-25)28-10-8-16-45(28)33(47)30(22(3)4)43-36(49)51-6/h12,14,17-19,21-22,26,28-30H,7-10,15-16,20H2,1-6H3,(H,37,40)(H,42,48)(H,43,49)(H,38,39,41)/t26-,28-,29-,30-/m0/s1. The van der Waals surface area contributed by atoms with E-state index >= 15 is 0 Å². The molecule has 5 rings (SSSR count). The predicted molar refractivity (Wildman–Crippen MR) is 189 cm³/mol. The lowest BCUT2D eigenvalue weighted by Crippen LogP contribution is -2.53. The molecule has 2 fully saturated rings. The number of hydrogen-bond acceptors (Lipinski definition) is 10. The molecule has 4 heterocycles. The Kier molecular flexibility index (Phi) is 12.0. The number of imidazole rings is 1. The summed E-state index contributed by atoms with van der Waals surface area (Å²) in [7, 11) is 2.56. The van der Waals surface area contributed by atoms with Crippen LogP contribution in [0.2, 0.25) is 0 Å². The average Bonchev–Trinajstić information content (AvgIpc) is 3.91. The molecule has 15 nitrogen and oxygen atoms in total. The number of carbonyl (C=O) groups is 4. The highest BCUT2D eigenvalue weighted by Crippen LogP contribution is 2.31. The Morgan fingerprint density at radius 3 is 2.20 bits per heavy atom. The van der Waals surface area contributed by atoms with Crippen molar-refractivity contribution in [3.63, 3.8) is 0 Å². The third-order valence-electron chi connectivity index (χ3n) is 9.31. The third kappa shape index (κ3) is 8.86. The van der Waals surface area contributed by atoms with Gasteiger partial charge in [-0.25, -0.2) is 24.5 Å². The molecule has 0 saturated carbocycles. The molecule has 0 radical (unpaired) electrons. The van der Waals surface area contributed by atoms with Crippen LogP contribution >= 0.6 is 0 Å². The lowest BCUT2D eigenvalue weighted by Gasteiger charge is -2.30. The molecule has 4 N–H and O–H groups in total. The fraction of sp³-hybridized carbons (Fsp3) is 0.528. The number of fused-ring (bicyclic) bond motifs is 1. The summed E-state index contributed by atoms with van der Waals surface area (Å²) in [5.41, 5.74) is 2.14. The molecule has 2 aliphatic rings. The normalized spacial score (nSPS) is 18.3. The van der Waals surface area contributed by atoms with E-state index in [2.05, 4.69) is 47.7 Å². The van der Waals surface area contributed by atoms with Gasteiger partial charge in [-0.1, -0.05) is 33.6 Å². The Labute approximate surface area is 297 Å². The smallest absolute Gasteiger partial charge is 0.407 e. The minimum absolute atomic E-state index is 0.0593. The molecule has 4 atom stereocenters. The molecular weight excluding hydrogens is 654 g/mol. The molecule has 0 aliphatic carbocycles. The Balaban J connectivity index is 1.21. The molecule has 272 valence electrons. The number of carbonyl (C=O) groups excluding carboxylic acids is 4. The van der Waals surface area contributed by atoms with E-state index < -0.39 is 24.3 Å². The van der Waals surface area contributed by atoms with Gasteiger partial charge in [-0.05, 0) is 61.6 Å². The highest BCUT2D eigenvalue weighted by Gasteiger charge is 2.38. The van der Waals surface area contributed by atoms with Crippen molar-refractivity contribution in [2.75, 3.05) is 39.2 Å². The van der Waals surface area contributed by atoms with Crippen LogP contribution in [0.15, 0.2) is 30.6 Å². The van der Waals surface area contributed by atoms with Gasteiger partial charge in [-0.3, -0.25) is 9.59 Å². The van der Waals surface area contributed by atoms with E-state index in [0.717, 1.165) is 42.1 Å². The third-order valence-corrected chi connectivity index (χ3v) is 9.31. The van der Waals surface area contributed by atoms with Gasteiger partial charge in [0.2, 0.25) is 17.8 Å². The average molecular weight is 702 g/mol. The Morgan fingerprint density at radius 2 is 1.53 bits per heavy atom. The maximum Gasteiger partial charge on any atom is 0.407 e. The van der Waals surface area contributed by atoms with Gasteiger partial charge < -0.3 is 40.2 Å². The van der Waals surface area contributed by atoms with Crippen LogP contribution < -0.4 is 16.0 Å². The topological polar surface area (TPSA) is 184 Å². The van der Waals surface area contributed by atoms with E-state index in [4.69, 9.17) is 9.47 Å². The minimum atomic E-state index is -0.704. The molecule has 2 aliphatic heterocycles. The van der Waals surface area contributed by atoms with Crippen LogP contribution in [0.4, 0.5) is 15.5 Å². The lowest BCUT2D eigenvalue weighted by atomic mass is 10.0. The Morgan fingerprint density at radius 1 is 0.882 bits per heavy atom. The fourth-order valence-electron chi connectivity index (χ4n) is 6.52. The van der Waals surface area contributed by atoms with Crippen molar-refractivity contribution in [1.82, 2.24) is 40.4 Å². The van der Waals surface area contributed by atoms with E-state index in [1.54, 1.807) is 17.3 Å². The highest BCUT2D eigenvalue weighted by molar-refractivity contribution is 5.87. The van der Waals surface area contributed by atoms with Crippen molar-refractivity contribution in [2.24, 2.45) is 11.8 Å². The van der Waals surface area contributed by atoms with Crippen molar-refractivity contribution in [3.05, 3.63) is 47.7 Å². The zero-order valence-corrected chi connectivity index (χ0v) is 30.0. The summed E-state index contributed by atoms with van der Waals surface area (Å²) in [6.45, 7) is 9.21. The number of rotatable bonds is 10. The number of benzene rings is 1. The summed E-state index contributed by atoms with van der Waals surface area (Å²) in [6.07, 6.45) is 5.42. The van der Waals surface area contributed by atoms with E-state index in [-0.39, 0.29) is 35.7 Å². The fourth-order valence-corrected chi connectivity index (χ4v) is 6.52. The zero-order chi connectivity index (χ0) is 36.7. The van der Waals surface area contributed by atoms with Crippen molar-refractivity contribution in [3.8, 4) is 11.8 Å². The highest BCUT2D eigenvalue weighted by atomic mass is 16.5. The second kappa shape index (κ2) is 16.5. The zero-order valence-electron chi connectivity index (χ0n) is 30.0. The first-order valence-electron chi connectivity index (χ1n) is 17.4. The van der Waals surface area contributed by atoms with Gasteiger partial charge in [-0.2, -0.15) is 0 Å². The van der Waals surface area contributed by atoms with E-state index in [0.29, 0.717) is 37.1 Å². The summed E-state index contributed by atoms with van der Waals surface area (Å²) in [4.78, 5) is 71.0. The second-order valence-electron chi connectivity index (χ2n) is 13.5. The van der Waals surface area contributed by atoms with E-state index in [1.807, 2.05) is 50.8 Å². The maximum atomic E-state index is 13.4. The predicted octanol–water partition coefficient (Wildman–Crippen LogP) is 3.58. The number of H-pyrrole nitrogens is 1. The summed E-state index contributed by atoms with van der Waals surface area (Å²) in [5, 5.41) is 9.45. The van der Waals surface area contributed by atoms with E-state index in [1.165, 1.54) is 14.2 Å². The Hall–Kier alpha value is -5.39. The molecule has 4 amide bonds. The van der Waals surface area contributed by atoms with Gasteiger partial charge in [0.1, 0.15) is 23.6 Å². The maximum absolute atomic E-state index is 13.4. The van der Waals surface area contributed by atoms with Crippen LogP contribution in [0.1, 0.15) is 76.5 Å². The van der Waals surface area contributed by atoms with Crippen LogP contribution in [-0.4, -0.2) is 106 Å². The van der Waals surface area contributed by atoms with Crippen LogP contribution in [0.25, 0.3) is 10.9 Å². The largest absolute Gasteiger partial charge is 0.453 e. The lowest BCUT2D eigenvalue weighted by molar-refractivity contribution is -0.136. The number of nitrogens with one attached hydrogen (secondary N) is 4. The van der Waals surface area contributed by atoms with Crippen molar-refractivity contribution < 1.29 is 28.7 Å². The van der Waals surface area contributed by atoms with Crippen LogP contribution in [0.5, 0.6) is 0 Å². The molecular formula is C36H47N9O6. The van der Waals surface area contributed by atoms with Crippen LogP contribution in [-0.2, 0) is 19.1 Å². The van der Waals surface area contributed by atoms with Gasteiger partial charge in [0.05, 0.1) is 32.0 Å². The molecule has 15 heteroatoms. The molecule has 0 bridgehead atoms. The number of likely N-dealkylation sites (tertiary alicyclic amines) is 2. The number of aromatic amines is 1.